The predicted octanol–water partition coefficient (Wildman–Crippen LogP) is 2.57. The van der Waals surface area contributed by atoms with E-state index in [0.717, 1.165) is 12.3 Å². The molecule has 90 valence electrons. The molecular weight excluding hydrogens is 247 g/mol. The van der Waals surface area contributed by atoms with E-state index in [2.05, 4.69) is 9.88 Å². The number of hydrogen-bond acceptors (Lipinski definition) is 3. The zero-order valence-electron chi connectivity index (χ0n) is 9.12. The van der Waals surface area contributed by atoms with Gasteiger partial charge in [0.15, 0.2) is 0 Å². The maximum atomic E-state index is 5.72. The summed E-state index contributed by atoms with van der Waals surface area (Å²) >= 11 is 5.71. The number of halogens is 2. The minimum absolute atomic E-state index is 0. The number of aromatic nitrogens is 1. The summed E-state index contributed by atoms with van der Waals surface area (Å²) in [6.07, 6.45) is 5.60. The van der Waals surface area contributed by atoms with E-state index in [4.69, 9.17) is 16.0 Å². The van der Waals surface area contributed by atoms with E-state index < -0.39 is 0 Å². The highest BCUT2D eigenvalue weighted by atomic mass is 35.5. The first-order valence-corrected chi connectivity index (χ1v) is 6.09. The molecule has 5 heteroatoms. The second kappa shape index (κ2) is 4.55. The third kappa shape index (κ3) is 1.85. The Hall–Kier alpha value is -0.250. The molecule has 0 amide bonds. The minimum Gasteiger partial charge on any atom is -0.444 e. The fraction of sp³-hybridized carbons (Fsp3) is 0.727. The number of piperidine rings is 1. The van der Waals surface area contributed by atoms with Crippen molar-refractivity contribution >= 4 is 24.0 Å². The zero-order chi connectivity index (χ0) is 10.3. The molecule has 0 radical (unpaired) electrons. The normalized spacial score (nSPS) is 32.4. The average Bonchev–Trinajstić information content (AvgIpc) is 2.85. The standard InChI is InChI=1S/C11H15ClN2O.ClH/c12-6-10-13-7-9(15-10)11-2-1-4-14(8-11)5-3-11;/h7H,1-6,8H2;1H. The predicted molar refractivity (Wildman–Crippen MR) is 65.3 cm³/mol. The van der Waals surface area contributed by atoms with Gasteiger partial charge in [-0.15, -0.1) is 24.0 Å². The lowest BCUT2D eigenvalue weighted by atomic mass is 9.79. The summed E-state index contributed by atoms with van der Waals surface area (Å²) in [5.74, 6) is 2.09. The Bertz CT molecular complexity index is 365. The fourth-order valence-electron chi connectivity index (χ4n) is 2.94. The second-order valence-electron chi connectivity index (χ2n) is 4.66. The molecule has 2 atom stereocenters. The van der Waals surface area contributed by atoms with Crippen molar-refractivity contribution in [3.05, 3.63) is 17.8 Å². The summed E-state index contributed by atoms with van der Waals surface area (Å²) in [4.78, 5) is 6.72. The Kier molecular flexibility index (Phi) is 3.48. The van der Waals surface area contributed by atoms with Crippen molar-refractivity contribution in [3.8, 4) is 0 Å². The van der Waals surface area contributed by atoms with Gasteiger partial charge in [0.05, 0.1) is 12.1 Å². The number of fused-ring (bicyclic) bond motifs is 2. The second-order valence-corrected chi connectivity index (χ2v) is 4.93. The van der Waals surface area contributed by atoms with Crippen LogP contribution in [0.25, 0.3) is 0 Å². The Morgan fingerprint density at radius 1 is 1.44 bits per heavy atom. The van der Waals surface area contributed by atoms with Crippen LogP contribution in [0, 0.1) is 0 Å². The van der Waals surface area contributed by atoms with E-state index in [1.807, 2.05) is 6.20 Å². The van der Waals surface area contributed by atoms with E-state index in [0.29, 0.717) is 11.8 Å². The summed E-state index contributed by atoms with van der Waals surface area (Å²) in [6, 6.07) is 0. The molecule has 2 aliphatic rings. The topological polar surface area (TPSA) is 29.3 Å². The molecule has 2 bridgehead atoms. The number of rotatable bonds is 2. The van der Waals surface area contributed by atoms with Crippen LogP contribution in [0.4, 0.5) is 0 Å². The Balaban J connectivity index is 0.000000963. The highest BCUT2D eigenvalue weighted by Crippen LogP contribution is 2.42. The Morgan fingerprint density at radius 2 is 2.31 bits per heavy atom. The first-order chi connectivity index (χ1) is 7.32. The van der Waals surface area contributed by atoms with Crippen molar-refractivity contribution in [3.63, 3.8) is 0 Å². The van der Waals surface area contributed by atoms with Gasteiger partial charge < -0.3 is 9.32 Å². The van der Waals surface area contributed by atoms with Gasteiger partial charge in [-0.1, -0.05) is 0 Å². The first-order valence-electron chi connectivity index (χ1n) is 5.56. The summed E-state index contributed by atoms with van der Waals surface area (Å²) in [7, 11) is 0. The molecule has 0 aromatic carbocycles. The van der Waals surface area contributed by atoms with Gasteiger partial charge in [-0.05, 0) is 32.4 Å². The molecule has 0 saturated carbocycles. The first kappa shape index (κ1) is 12.2. The van der Waals surface area contributed by atoms with E-state index in [1.54, 1.807) is 0 Å². The maximum absolute atomic E-state index is 5.72. The van der Waals surface area contributed by atoms with Crippen LogP contribution in [0.3, 0.4) is 0 Å². The van der Waals surface area contributed by atoms with Crippen molar-refractivity contribution in [2.24, 2.45) is 0 Å². The summed E-state index contributed by atoms with van der Waals surface area (Å²) in [6.45, 7) is 3.60. The summed E-state index contributed by atoms with van der Waals surface area (Å²) < 4.78 is 5.72. The SMILES string of the molecule is Cl.ClCc1ncc(C23CCCN(CC2)C3)o1. The summed E-state index contributed by atoms with van der Waals surface area (Å²) in [5.41, 5.74) is 0.246. The van der Waals surface area contributed by atoms with E-state index in [-0.39, 0.29) is 17.8 Å². The van der Waals surface area contributed by atoms with E-state index in [9.17, 15) is 0 Å². The molecule has 2 unspecified atom stereocenters. The Labute approximate surface area is 107 Å². The van der Waals surface area contributed by atoms with Gasteiger partial charge in [0.25, 0.3) is 0 Å². The van der Waals surface area contributed by atoms with Crippen LogP contribution in [0.5, 0.6) is 0 Å². The third-order valence-electron chi connectivity index (χ3n) is 3.75. The third-order valence-corrected chi connectivity index (χ3v) is 3.98. The van der Waals surface area contributed by atoms with Gasteiger partial charge >= 0.3 is 0 Å². The van der Waals surface area contributed by atoms with Crippen LogP contribution in [0.2, 0.25) is 0 Å². The molecular formula is C11H16Cl2N2O. The molecule has 1 aromatic heterocycles. The maximum Gasteiger partial charge on any atom is 0.209 e. The van der Waals surface area contributed by atoms with Crippen LogP contribution >= 0.6 is 24.0 Å². The van der Waals surface area contributed by atoms with Crippen molar-refractivity contribution in [2.75, 3.05) is 19.6 Å². The molecule has 0 aliphatic carbocycles. The van der Waals surface area contributed by atoms with Gasteiger partial charge in [-0.2, -0.15) is 0 Å². The van der Waals surface area contributed by atoms with E-state index >= 15 is 0 Å². The van der Waals surface area contributed by atoms with Crippen molar-refractivity contribution in [1.82, 2.24) is 9.88 Å². The number of oxazole rings is 1. The van der Waals surface area contributed by atoms with Gasteiger partial charge in [0, 0.05) is 12.0 Å². The van der Waals surface area contributed by atoms with Crippen molar-refractivity contribution < 1.29 is 4.42 Å². The molecule has 16 heavy (non-hydrogen) atoms. The van der Waals surface area contributed by atoms with Crippen LogP contribution < -0.4 is 0 Å². The molecule has 2 saturated heterocycles. The number of alkyl halides is 1. The quantitative estimate of drug-likeness (QED) is 0.768. The average molecular weight is 263 g/mol. The highest BCUT2D eigenvalue weighted by molar-refractivity contribution is 6.16. The number of nitrogens with zero attached hydrogens (tertiary/aromatic N) is 2. The Morgan fingerprint density at radius 3 is 3.06 bits per heavy atom. The lowest BCUT2D eigenvalue weighted by Crippen LogP contribution is -2.36. The van der Waals surface area contributed by atoms with Crippen molar-refractivity contribution in [2.45, 2.75) is 30.6 Å². The minimum atomic E-state index is 0. The lowest BCUT2D eigenvalue weighted by Gasteiger charge is -2.31. The highest BCUT2D eigenvalue weighted by Gasteiger charge is 2.44. The molecule has 2 fully saturated rings. The molecule has 3 rings (SSSR count). The lowest BCUT2D eigenvalue weighted by molar-refractivity contribution is 0.218. The van der Waals surface area contributed by atoms with Crippen LogP contribution in [-0.2, 0) is 11.3 Å². The molecule has 3 heterocycles. The molecule has 1 aromatic rings. The monoisotopic (exact) mass is 262 g/mol. The zero-order valence-corrected chi connectivity index (χ0v) is 10.7. The van der Waals surface area contributed by atoms with Crippen LogP contribution in [0.1, 0.15) is 30.9 Å². The van der Waals surface area contributed by atoms with Gasteiger partial charge in [-0.3, -0.25) is 0 Å². The molecule has 2 aliphatic heterocycles. The van der Waals surface area contributed by atoms with Crippen molar-refractivity contribution in [1.29, 1.82) is 0 Å². The molecule has 3 nitrogen and oxygen atoms in total. The smallest absolute Gasteiger partial charge is 0.209 e. The fourth-order valence-corrected chi connectivity index (χ4v) is 3.06. The number of hydrogen-bond donors (Lipinski definition) is 0. The van der Waals surface area contributed by atoms with Gasteiger partial charge in [0.2, 0.25) is 5.89 Å². The largest absolute Gasteiger partial charge is 0.444 e. The van der Waals surface area contributed by atoms with Crippen LogP contribution in [-0.4, -0.2) is 29.5 Å². The summed E-state index contributed by atoms with van der Waals surface area (Å²) in [5, 5.41) is 0. The van der Waals surface area contributed by atoms with Crippen LogP contribution in [0.15, 0.2) is 10.6 Å². The molecule has 0 spiro atoms. The molecule has 0 N–H and O–H groups in total. The van der Waals surface area contributed by atoms with Gasteiger partial charge in [-0.25, -0.2) is 4.98 Å². The van der Waals surface area contributed by atoms with E-state index in [1.165, 1.54) is 32.4 Å². The van der Waals surface area contributed by atoms with Gasteiger partial charge in [0.1, 0.15) is 5.76 Å².